The van der Waals surface area contributed by atoms with Crippen molar-refractivity contribution in [2.24, 2.45) is 0 Å². The van der Waals surface area contributed by atoms with Crippen LogP contribution in [0.5, 0.6) is 0 Å². The Kier molecular flexibility index (Phi) is 5.80. The van der Waals surface area contributed by atoms with Gasteiger partial charge in [0.25, 0.3) is 0 Å². The number of carbonyl (C=O) groups is 2. The summed E-state index contributed by atoms with van der Waals surface area (Å²) in [6.07, 6.45) is -0.253. The van der Waals surface area contributed by atoms with Crippen molar-refractivity contribution in [3.05, 3.63) is 57.0 Å². The van der Waals surface area contributed by atoms with Gasteiger partial charge in [-0.05, 0) is 61.4 Å². The molecule has 0 heterocycles. The monoisotopic (exact) mass is 394 g/mol. The standard InChI is InChI=1S/C17H16BrClN2O2/c1-10-8-13(4-5-14(10)18)20-16(22)9-17(23)21-15-6-3-12(19)7-11(15)2/h3-8H,9H2,1-2H3,(H,20,22)(H,21,23). The highest BCUT2D eigenvalue weighted by Gasteiger charge is 2.11. The maximum atomic E-state index is 12.0. The molecule has 120 valence electrons. The first-order valence-electron chi connectivity index (χ1n) is 6.97. The number of aryl methyl sites for hydroxylation is 2. The number of nitrogens with one attached hydrogen (secondary N) is 2. The number of rotatable bonds is 4. The fraction of sp³-hybridized carbons (Fsp3) is 0.176. The van der Waals surface area contributed by atoms with E-state index in [1.165, 1.54) is 0 Å². The van der Waals surface area contributed by atoms with Crippen LogP contribution in [0.25, 0.3) is 0 Å². The molecule has 0 saturated carbocycles. The topological polar surface area (TPSA) is 58.2 Å². The van der Waals surface area contributed by atoms with E-state index in [0.29, 0.717) is 16.4 Å². The molecule has 23 heavy (non-hydrogen) atoms. The van der Waals surface area contributed by atoms with Gasteiger partial charge in [-0.15, -0.1) is 0 Å². The lowest BCUT2D eigenvalue weighted by Crippen LogP contribution is -2.21. The van der Waals surface area contributed by atoms with Crippen LogP contribution >= 0.6 is 27.5 Å². The van der Waals surface area contributed by atoms with Crippen molar-refractivity contribution in [1.29, 1.82) is 0 Å². The molecular weight excluding hydrogens is 380 g/mol. The number of halogens is 2. The first-order valence-corrected chi connectivity index (χ1v) is 8.14. The highest BCUT2D eigenvalue weighted by molar-refractivity contribution is 9.10. The number of benzene rings is 2. The Bertz CT molecular complexity index is 762. The molecular formula is C17H16BrClN2O2. The smallest absolute Gasteiger partial charge is 0.233 e. The summed E-state index contributed by atoms with van der Waals surface area (Å²) in [6.45, 7) is 3.77. The first kappa shape index (κ1) is 17.5. The molecule has 0 fully saturated rings. The molecule has 0 unspecified atom stereocenters. The lowest BCUT2D eigenvalue weighted by atomic mass is 10.2. The minimum atomic E-state index is -0.373. The molecule has 4 nitrogen and oxygen atoms in total. The van der Waals surface area contributed by atoms with Crippen LogP contribution in [0, 0.1) is 13.8 Å². The van der Waals surface area contributed by atoms with Crippen molar-refractivity contribution in [2.75, 3.05) is 10.6 Å². The predicted octanol–water partition coefficient (Wildman–Crippen LogP) is 4.69. The van der Waals surface area contributed by atoms with Gasteiger partial charge in [0.05, 0.1) is 0 Å². The van der Waals surface area contributed by atoms with E-state index in [1.807, 2.05) is 26.0 Å². The molecule has 2 aromatic rings. The summed E-state index contributed by atoms with van der Waals surface area (Å²) in [5, 5.41) is 6.02. The van der Waals surface area contributed by atoms with E-state index in [1.54, 1.807) is 24.3 Å². The lowest BCUT2D eigenvalue weighted by molar-refractivity contribution is -0.123. The third-order valence-corrected chi connectivity index (χ3v) is 4.35. The molecule has 0 spiro atoms. The Hall–Kier alpha value is -1.85. The lowest BCUT2D eigenvalue weighted by Gasteiger charge is -2.10. The average Bonchev–Trinajstić information content (AvgIpc) is 2.46. The molecule has 0 saturated heterocycles. The van der Waals surface area contributed by atoms with Crippen LogP contribution in [0.2, 0.25) is 5.02 Å². The second kappa shape index (κ2) is 7.62. The van der Waals surface area contributed by atoms with Gasteiger partial charge in [-0.1, -0.05) is 27.5 Å². The highest BCUT2D eigenvalue weighted by atomic mass is 79.9. The van der Waals surface area contributed by atoms with Crippen molar-refractivity contribution in [3.63, 3.8) is 0 Å². The molecule has 2 aromatic carbocycles. The zero-order valence-corrected chi connectivity index (χ0v) is 15.1. The van der Waals surface area contributed by atoms with Crippen molar-refractivity contribution in [1.82, 2.24) is 0 Å². The van der Waals surface area contributed by atoms with E-state index in [9.17, 15) is 9.59 Å². The van der Waals surface area contributed by atoms with Gasteiger partial charge in [-0.2, -0.15) is 0 Å². The second-order valence-electron chi connectivity index (χ2n) is 5.20. The first-order chi connectivity index (χ1) is 10.8. The summed E-state index contributed by atoms with van der Waals surface area (Å²) < 4.78 is 0.964. The van der Waals surface area contributed by atoms with Gasteiger partial charge in [-0.25, -0.2) is 0 Å². The zero-order valence-electron chi connectivity index (χ0n) is 12.7. The van der Waals surface area contributed by atoms with Crippen LogP contribution in [-0.2, 0) is 9.59 Å². The Morgan fingerprint density at radius 2 is 1.70 bits per heavy atom. The average molecular weight is 396 g/mol. The van der Waals surface area contributed by atoms with E-state index in [-0.39, 0.29) is 18.2 Å². The summed E-state index contributed by atoms with van der Waals surface area (Å²) >= 11 is 9.27. The number of hydrogen-bond donors (Lipinski definition) is 2. The minimum absolute atomic E-state index is 0.253. The maximum absolute atomic E-state index is 12.0. The molecule has 0 atom stereocenters. The van der Waals surface area contributed by atoms with Gasteiger partial charge in [0.15, 0.2) is 0 Å². The molecule has 0 aliphatic rings. The van der Waals surface area contributed by atoms with Crippen LogP contribution in [0.3, 0.4) is 0 Å². The molecule has 6 heteroatoms. The molecule has 0 aliphatic carbocycles. The summed E-state index contributed by atoms with van der Waals surface area (Å²) in [5.74, 6) is -0.738. The van der Waals surface area contributed by atoms with E-state index < -0.39 is 0 Å². The van der Waals surface area contributed by atoms with Gasteiger partial charge >= 0.3 is 0 Å². The Morgan fingerprint density at radius 3 is 2.35 bits per heavy atom. The summed E-state index contributed by atoms with van der Waals surface area (Å²) in [4.78, 5) is 23.9. The molecule has 2 amide bonds. The molecule has 0 bridgehead atoms. The molecule has 0 aromatic heterocycles. The van der Waals surface area contributed by atoms with Crippen LogP contribution in [0.4, 0.5) is 11.4 Å². The molecule has 0 radical (unpaired) electrons. The van der Waals surface area contributed by atoms with Gasteiger partial charge in [-0.3, -0.25) is 9.59 Å². The fourth-order valence-corrected chi connectivity index (χ4v) is 2.51. The fourth-order valence-electron chi connectivity index (χ4n) is 2.04. The minimum Gasteiger partial charge on any atom is -0.326 e. The number of amides is 2. The van der Waals surface area contributed by atoms with Crippen molar-refractivity contribution in [3.8, 4) is 0 Å². The van der Waals surface area contributed by atoms with Crippen LogP contribution < -0.4 is 10.6 Å². The quantitative estimate of drug-likeness (QED) is 0.738. The number of carbonyl (C=O) groups excluding carboxylic acids is 2. The van der Waals surface area contributed by atoms with Crippen molar-refractivity contribution in [2.45, 2.75) is 20.3 Å². The molecule has 2 N–H and O–H groups in total. The third-order valence-electron chi connectivity index (χ3n) is 3.23. The van der Waals surface area contributed by atoms with E-state index in [4.69, 9.17) is 11.6 Å². The van der Waals surface area contributed by atoms with Gasteiger partial charge in [0.2, 0.25) is 11.8 Å². The summed E-state index contributed by atoms with van der Waals surface area (Å²) in [7, 11) is 0. The van der Waals surface area contributed by atoms with E-state index >= 15 is 0 Å². The second-order valence-corrected chi connectivity index (χ2v) is 6.49. The SMILES string of the molecule is Cc1cc(NC(=O)CC(=O)Nc2ccc(Cl)cc2C)ccc1Br. The van der Waals surface area contributed by atoms with Crippen LogP contribution in [0.15, 0.2) is 40.9 Å². The Labute approximate surface area is 148 Å². The van der Waals surface area contributed by atoms with Gasteiger partial charge in [0.1, 0.15) is 6.42 Å². The predicted molar refractivity (Wildman–Crippen MR) is 96.9 cm³/mol. The zero-order chi connectivity index (χ0) is 17.0. The normalized spacial score (nSPS) is 10.3. The van der Waals surface area contributed by atoms with Crippen LogP contribution in [-0.4, -0.2) is 11.8 Å². The number of anilines is 2. The van der Waals surface area contributed by atoms with Crippen molar-refractivity contribution < 1.29 is 9.59 Å². The largest absolute Gasteiger partial charge is 0.326 e. The number of hydrogen-bond acceptors (Lipinski definition) is 2. The van der Waals surface area contributed by atoms with Gasteiger partial charge in [0, 0.05) is 20.9 Å². The summed E-state index contributed by atoms with van der Waals surface area (Å²) in [6, 6.07) is 10.6. The Morgan fingerprint density at radius 1 is 1.00 bits per heavy atom. The van der Waals surface area contributed by atoms with Crippen molar-refractivity contribution >= 4 is 50.7 Å². The Balaban J connectivity index is 1.94. The van der Waals surface area contributed by atoms with E-state index in [0.717, 1.165) is 15.6 Å². The molecule has 0 aliphatic heterocycles. The highest BCUT2D eigenvalue weighted by Crippen LogP contribution is 2.21. The van der Waals surface area contributed by atoms with Crippen LogP contribution in [0.1, 0.15) is 17.5 Å². The third kappa shape index (κ3) is 5.08. The summed E-state index contributed by atoms with van der Waals surface area (Å²) in [5.41, 5.74) is 3.15. The maximum Gasteiger partial charge on any atom is 0.233 e. The molecule has 2 rings (SSSR count). The van der Waals surface area contributed by atoms with E-state index in [2.05, 4.69) is 26.6 Å². The van der Waals surface area contributed by atoms with Gasteiger partial charge < -0.3 is 10.6 Å².